The molecule has 0 bridgehead atoms. The first-order chi connectivity index (χ1) is 5.24. The van der Waals surface area contributed by atoms with Crippen molar-refractivity contribution >= 4 is 5.69 Å². The first-order valence-corrected chi connectivity index (χ1v) is 3.59. The Kier molecular flexibility index (Phi) is 2.48. The standard InChI is InChI=1S/C7H13N3O/c1-6-7(8-3-4-11)5-10(2)9-6/h5,8,11H,3-4H2,1-2H3. The van der Waals surface area contributed by atoms with Crippen LogP contribution in [-0.4, -0.2) is 28.0 Å². The van der Waals surface area contributed by atoms with Crippen LogP contribution in [-0.2, 0) is 7.05 Å². The first kappa shape index (κ1) is 8.07. The molecule has 0 radical (unpaired) electrons. The van der Waals surface area contributed by atoms with Gasteiger partial charge in [0, 0.05) is 19.8 Å². The van der Waals surface area contributed by atoms with Gasteiger partial charge in [0.25, 0.3) is 0 Å². The molecule has 0 unspecified atom stereocenters. The van der Waals surface area contributed by atoms with Crippen molar-refractivity contribution < 1.29 is 5.11 Å². The number of hydrogen-bond donors (Lipinski definition) is 2. The van der Waals surface area contributed by atoms with Crippen LogP contribution >= 0.6 is 0 Å². The van der Waals surface area contributed by atoms with E-state index in [9.17, 15) is 0 Å². The topological polar surface area (TPSA) is 50.1 Å². The summed E-state index contributed by atoms with van der Waals surface area (Å²) in [7, 11) is 1.87. The summed E-state index contributed by atoms with van der Waals surface area (Å²) in [6, 6.07) is 0. The van der Waals surface area contributed by atoms with Gasteiger partial charge in [-0.3, -0.25) is 4.68 Å². The van der Waals surface area contributed by atoms with Crippen LogP contribution < -0.4 is 5.32 Å². The molecule has 1 heterocycles. The first-order valence-electron chi connectivity index (χ1n) is 3.59. The van der Waals surface area contributed by atoms with Crippen LogP contribution in [0.5, 0.6) is 0 Å². The monoisotopic (exact) mass is 155 g/mol. The second-order valence-corrected chi connectivity index (χ2v) is 2.45. The molecule has 0 saturated carbocycles. The minimum Gasteiger partial charge on any atom is -0.395 e. The van der Waals surface area contributed by atoms with E-state index >= 15 is 0 Å². The van der Waals surface area contributed by atoms with Crippen molar-refractivity contribution in [2.45, 2.75) is 6.92 Å². The zero-order chi connectivity index (χ0) is 8.27. The highest BCUT2D eigenvalue weighted by Crippen LogP contribution is 2.09. The quantitative estimate of drug-likeness (QED) is 0.652. The highest BCUT2D eigenvalue weighted by atomic mass is 16.3. The fourth-order valence-electron chi connectivity index (χ4n) is 0.964. The Morgan fingerprint density at radius 2 is 2.45 bits per heavy atom. The lowest BCUT2D eigenvalue weighted by molar-refractivity contribution is 0.311. The Morgan fingerprint density at radius 3 is 2.91 bits per heavy atom. The predicted molar refractivity (Wildman–Crippen MR) is 43.5 cm³/mol. The molecule has 0 aliphatic carbocycles. The number of aliphatic hydroxyl groups excluding tert-OH is 1. The molecule has 0 aliphatic heterocycles. The van der Waals surface area contributed by atoms with Gasteiger partial charge in [-0.15, -0.1) is 0 Å². The lowest BCUT2D eigenvalue weighted by Gasteiger charge is -1.99. The minimum absolute atomic E-state index is 0.147. The molecule has 4 nitrogen and oxygen atoms in total. The summed E-state index contributed by atoms with van der Waals surface area (Å²) in [4.78, 5) is 0. The highest BCUT2D eigenvalue weighted by molar-refractivity contribution is 5.45. The van der Waals surface area contributed by atoms with Gasteiger partial charge in [0.05, 0.1) is 18.0 Å². The van der Waals surface area contributed by atoms with E-state index < -0.39 is 0 Å². The number of nitrogens with one attached hydrogen (secondary N) is 1. The van der Waals surface area contributed by atoms with Crippen molar-refractivity contribution in [3.8, 4) is 0 Å². The van der Waals surface area contributed by atoms with Crippen LogP contribution in [0.15, 0.2) is 6.20 Å². The van der Waals surface area contributed by atoms with Crippen molar-refractivity contribution in [3.05, 3.63) is 11.9 Å². The third-order valence-corrected chi connectivity index (χ3v) is 1.44. The molecule has 1 rings (SSSR count). The van der Waals surface area contributed by atoms with E-state index in [0.29, 0.717) is 6.54 Å². The highest BCUT2D eigenvalue weighted by Gasteiger charge is 1.99. The van der Waals surface area contributed by atoms with Gasteiger partial charge in [0.15, 0.2) is 0 Å². The molecular formula is C7H13N3O. The molecule has 11 heavy (non-hydrogen) atoms. The maximum absolute atomic E-state index is 8.54. The van der Waals surface area contributed by atoms with Gasteiger partial charge in [-0.2, -0.15) is 5.10 Å². The predicted octanol–water partition coefficient (Wildman–Crippen LogP) is 0.133. The summed E-state index contributed by atoms with van der Waals surface area (Å²) < 4.78 is 1.75. The lowest BCUT2D eigenvalue weighted by atomic mass is 10.4. The van der Waals surface area contributed by atoms with E-state index in [1.807, 2.05) is 20.2 Å². The summed E-state index contributed by atoms with van der Waals surface area (Å²) >= 11 is 0. The van der Waals surface area contributed by atoms with Crippen molar-refractivity contribution in [3.63, 3.8) is 0 Å². The fraction of sp³-hybridized carbons (Fsp3) is 0.571. The Labute approximate surface area is 65.8 Å². The van der Waals surface area contributed by atoms with E-state index in [2.05, 4.69) is 10.4 Å². The summed E-state index contributed by atoms with van der Waals surface area (Å²) in [6.45, 7) is 2.65. The number of aromatic nitrogens is 2. The molecule has 0 fully saturated rings. The fourth-order valence-corrected chi connectivity index (χ4v) is 0.964. The Hall–Kier alpha value is -1.03. The second kappa shape index (κ2) is 3.39. The molecule has 0 amide bonds. The normalized spacial score (nSPS) is 10.1. The summed E-state index contributed by atoms with van der Waals surface area (Å²) in [5.41, 5.74) is 1.95. The molecule has 0 saturated heterocycles. The van der Waals surface area contributed by atoms with Crippen molar-refractivity contribution in [1.82, 2.24) is 9.78 Å². The zero-order valence-electron chi connectivity index (χ0n) is 6.83. The maximum Gasteiger partial charge on any atom is 0.0824 e. The van der Waals surface area contributed by atoms with E-state index in [0.717, 1.165) is 11.4 Å². The second-order valence-electron chi connectivity index (χ2n) is 2.45. The van der Waals surface area contributed by atoms with Crippen LogP contribution in [0.25, 0.3) is 0 Å². The number of anilines is 1. The number of aliphatic hydroxyl groups is 1. The third kappa shape index (κ3) is 1.94. The molecular weight excluding hydrogens is 142 g/mol. The largest absolute Gasteiger partial charge is 0.395 e. The van der Waals surface area contributed by atoms with E-state index in [4.69, 9.17) is 5.11 Å². The van der Waals surface area contributed by atoms with Gasteiger partial charge >= 0.3 is 0 Å². The molecule has 4 heteroatoms. The van der Waals surface area contributed by atoms with Crippen LogP contribution in [0.3, 0.4) is 0 Å². The molecule has 1 aromatic rings. The Balaban J connectivity index is 2.62. The van der Waals surface area contributed by atoms with Crippen molar-refractivity contribution in [2.75, 3.05) is 18.5 Å². The summed E-state index contributed by atoms with van der Waals surface area (Å²) in [5, 5.41) is 15.7. The zero-order valence-corrected chi connectivity index (χ0v) is 6.83. The van der Waals surface area contributed by atoms with Crippen molar-refractivity contribution in [2.24, 2.45) is 7.05 Å². The molecule has 62 valence electrons. The molecule has 2 N–H and O–H groups in total. The van der Waals surface area contributed by atoms with E-state index in [1.165, 1.54) is 0 Å². The molecule has 0 atom stereocenters. The summed E-state index contributed by atoms with van der Waals surface area (Å²) in [6.07, 6.45) is 1.89. The van der Waals surface area contributed by atoms with Gasteiger partial charge in [-0.25, -0.2) is 0 Å². The SMILES string of the molecule is Cc1nn(C)cc1NCCO. The van der Waals surface area contributed by atoms with Crippen molar-refractivity contribution in [1.29, 1.82) is 0 Å². The Bertz CT molecular complexity index is 232. The van der Waals surface area contributed by atoms with Crippen LogP contribution in [0.2, 0.25) is 0 Å². The minimum atomic E-state index is 0.147. The molecule has 0 spiro atoms. The Morgan fingerprint density at radius 1 is 1.73 bits per heavy atom. The average molecular weight is 155 g/mol. The average Bonchev–Trinajstić information content (AvgIpc) is 2.26. The van der Waals surface area contributed by atoms with Gasteiger partial charge in [-0.1, -0.05) is 0 Å². The van der Waals surface area contributed by atoms with E-state index in [-0.39, 0.29) is 6.61 Å². The number of nitrogens with zero attached hydrogens (tertiary/aromatic N) is 2. The third-order valence-electron chi connectivity index (χ3n) is 1.44. The molecule has 0 aromatic carbocycles. The van der Waals surface area contributed by atoms with Crippen LogP contribution in [0, 0.1) is 6.92 Å². The lowest BCUT2D eigenvalue weighted by Crippen LogP contribution is -2.05. The van der Waals surface area contributed by atoms with Gasteiger partial charge in [0.1, 0.15) is 0 Å². The molecule has 1 aromatic heterocycles. The van der Waals surface area contributed by atoms with Gasteiger partial charge in [0.2, 0.25) is 0 Å². The smallest absolute Gasteiger partial charge is 0.0824 e. The van der Waals surface area contributed by atoms with Crippen LogP contribution in [0.1, 0.15) is 5.69 Å². The van der Waals surface area contributed by atoms with Gasteiger partial charge < -0.3 is 10.4 Å². The van der Waals surface area contributed by atoms with Gasteiger partial charge in [-0.05, 0) is 6.92 Å². The van der Waals surface area contributed by atoms with E-state index in [1.54, 1.807) is 4.68 Å². The molecule has 0 aliphatic rings. The summed E-state index contributed by atoms with van der Waals surface area (Å²) in [5.74, 6) is 0. The van der Waals surface area contributed by atoms with Crippen LogP contribution in [0.4, 0.5) is 5.69 Å². The maximum atomic E-state index is 8.54. The number of rotatable bonds is 3. The number of hydrogen-bond acceptors (Lipinski definition) is 3. The number of aryl methyl sites for hydroxylation is 2.